The monoisotopic (exact) mass is 960 g/mol. The zero-order valence-corrected chi connectivity index (χ0v) is 40.1. The maximum atomic E-state index is 14.8. The minimum atomic E-state index is -2.66. The van der Waals surface area contributed by atoms with Gasteiger partial charge in [-0.05, 0) is 106 Å². The number of aryl methyl sites for hydroxylation is 2. The second-order valence-corrected chi connectivity index (χ2v) is 19.9. The first-order chi connectivity index (χ1) is 33.5. The molecule has 7 heterocycles. The van der Waals surface area contributed by atoms with Gasteiger partial charge in [0.1, 0.15) is 11.8 Å². The summed E-state index contributed by atoms with van der Waals surface area (Å²) in [6.45, 7) is 8.04. The molecule has 2 amide bonds. The van der Waals surface area contributed by atoms with Crippen LogP contribution in [-0.4, -0.2) is 109 Å². The third kappa shape index (κ3) is 10.0. The third-order valence-corrected chi connectivity index (χ3v) is 15.3. The number of carbonyl (C=O) groups excluding carboxylic acids is 2. The van der Waals surface area contributed by atoms with Crippen molar-refractivity contribution in [2.75, 3.05) is 55.6 Å². The summed E-state index contributed by atoms with van der Waals surface area (Å²) in [5, 5.41) is 22.3. The van der Waals surface area contributed by atoms with E-state index in [-0.39, 0.29) is 35.6 Å². The van der Waals surface area contributed by atoms with Crippen molar-refractivity contribution in [2.24, 2.45) is 13.0 Å². The highest BCUT2D eigenvalue weighted by molar-refractivity contribution is 6.31. The van der Waals surface area contributed by atoms with Gasteiger partial charge in [0.15, 0.2) is 5.82 Å². The number of nitrogens with zero attached hydrogens (tertiary/aromatic N) is 11. The van der Waals surface area contributed by atoms with E-state index in [4.69, 9.17) is 26.7 Å². The number of amides is 2. The molecule has 18 heteroatoms. The maximum absolute atomic E-state index is 14.8. The topological polar surface area (TPSA) is 154 Å². The summed E-state index contributed by atoms with van der Waals surface area (Å²) in [5.74, 6) is 2.49. The molecule has 15 nitrogen and oxygen atoms in total. The van der Waals surface area contributed by atoms with Gasteiger partial charge in [0.25, 0.3) is 12.3 Å². The van der Waals surface area contributed by atoms with E-state index in [2.05, 4.69) is 45.8 Å². The number of hydrogen-bond donors (Lipinski definition) is 1. The standard InChI is InChI=1S/C51H59ClF2N12O3/c1-32(67)64-21-15-46-44(31-64)49(65-16-3-4-34-22-42(37-28-58-61(2)30-37)43(48(53)54)24-47(34)65)60-66(46)39-13-17-62(18-14-39)29-33-11-19-63(20-12-33)51-56-26-36(27-57-51)50(68)59-38-6-9-40(10-7-38)69-41-8-5-35(25-55)45(52)23-41/h5,8,22-24,26-28,30,33,38-40,48H,3-4,6-7,9-21,29,31H2,1-2H3,(H,59,68). The van der Waals surface area contributed by atoms with Crippen molar-refractivity contribution in [3.05, 3.63) is 93.7 Å². The molecule has 0 bridgehead atoms. The van der Waals surface area contributed by atoms with E-state index in [1.165, 1.54) is 0 Å². The number of benzene rings is 2. The van der Waals surface area contributed by atoms with Crippen molar-refractivity contribution >= 4 is 40.9 Å². The number of nitrogens with one attached hydrogen (secondary N) is 1. The highest BCUT2D eigenvalue weighted by Gasteiger charge is 2.36. The van der Waals surface area contributed by atoms with E-state index in [0.717, 1.165) is 125 Å². The molecule has 5 aliphatic rings. The second kappa shape index (κ2) is 20.1. The van der Waals surface area contributed by atoms with Gasteiger partial charge in [0.05, 0.1) is 41.0 Å². The molecule has 0 unspecified atom stereocenters. The molecule has 3 aromatic heterocycles. The summed E-state index contributed by atoms with van der Waals surface area (Å²) >= 11 is 6.18. The molecule has 362 valence electrons. The summed E-state index contributed by atoms with van der Waals surface area (Å²) in [5.41, 5.74) is 6.03. The minimum Gasteiger partial charge on any atom is -0.490 e. The van der Waals surface area contributed by atoms with Gasteiger partial charge in [-0.2, -0.15) is 15.5 Å². The lowest BCUT2D eigenvalue weighted by molar-refractivity contribution is -0.129. The number of anilines is 3. The number of likely N-dealkylation sites (tertiary alicyclic amines) is 1. The average Bonchev–Trinajstić information content (AvgIpc) is 3.98. The van der Waals surface area contributed by atoms with Gasteiger partial charge in [-0.1, -0.05) is 11.6 Å². The number of alkyl halides is 2. The van der Waals surface area contributed by atoms with Crippen LogP contribution in [0.2, 0.25) is 5.02 Å². The number of nitriles is 1. The molecule has 69 heavy (non-hydrogen) atoms. The molecule has 4 aliphatic heterocycles. The zero-order chi connectivity index (χ0) is 47.8. The first-order valence-corrected chi connectivity index (χ1v) is 24.9. The SMILES string of the molecule is CC(=O)N1CCc2c(c(N3CCCc4cc(-c5cnn(C)c5)c(C(F)F)cc43)nn2C2CCN(CC3CCN(c4ncc(C(=O)NC5CCC(Oc6ccc(C#N)c(Cl)c6)CC5)cn4)CC3)CC2)C1. The molecular weight excluding hydrogens is 902 g/mol. The van der Waals surface area contributed by atoms with Crippen LogP contribution in [0, 0.1) is 17.2 Å². The summed E-state index contributed by atoms with van der Waals surface area (Å²) < 4.78 is 39.5. The predicted molar refractivity (Wildman–Crippen MR) is 258 cm³/mol. The van der Waals surface area contributed by atoms with E-state index in [1.54, 1.807) is 67.7 Å². The molecule has 5 aromatic rings. The molecule has 0 atom stereocenters. The van der Waals surface area contributed by atoms with Gasteiger partial charge in [-0.15, -0.1) is 0 Å². The second-order valence-electron chi connectivity index (χ2n) is 19.5. The van der Waals surface area contributed by atoms with E-state index < -0.39 is 6.43 Å². The largest absolute Gasteiger partial charge is 0.490 e. The first-order valence-electron chi connectivity index (χ1n) is 24.5. The fourth-order valence-corrected chi connectivity index (χ4v) is 11.4. The maximum Gasteiger partial charge on any atom is 0.264 e. The summed E-state index contributed by atoms with van der Waals surface area (Å²) in [7, 11) is 1.79. The Morgan fingerprint density at radius 2 is 1.71 bits per heavy atom. The van der Waals surface area contributed by atoms with E-state index in [9.17, 15) is 18.4 Å². The van der Waals surface area contributed by atoms with E-state index in [1.807, 2.05) is 11.0 Å². The predicted octanol–water partition coefficient (Wildman–Crippen LogP) is 8.20. The van der Waals surface area contributed by atoms with Crippen LogP contribution >= 0.6 is 11.6 Å². The Labute approximate surface area is 406 Å². The molecule has 2 saturated heterocycles. The Kier molecular flexibility index (Phi) is 13.6. The molecule has 0 radical (unpaired) electrons. The fraction of sp³-hybridized carbons (Fsp3) is 0.510. The van der Waals surface area contributed by atoms with Crippen LogP contribution < -0.4 is 19.9 Å². The Morgan fingerprint density at radius 1 is 0.942 bits per heavy atom. The highest BCUT2D eigenvalue weighted by atomic mass is 35.5. The number of fused-ring (bicyclic) bond motifs is 2. The van der Waals surface area contributed by atoms with Crippen molar-refractivity contribution < 1.29 is 23.1 Å². The number of rotatable bonds is 11. The van der Waals surface area contributed by atoms with Crippen LogP contribution in [0.1, 0.15) is 115 Å². The van der Waals surface area contributed by atoms with Gasteiger partial charge in [-0.25, -0.2) is 18.7 Å². The molecular formula is C51H59ClF2N12O3. The highest BCUT2D eigenvalue weighted by Crippen LogP contribution is 2.44. The van der Waals surface area contributed by atoms with Crippen LogP contribution in [0.4, 0.5) is 26.2 Å². The van der Waals surface area contributed by atoms with E-state index >= 15 is 0 Å². The van der Waals surface area contributed by atoms with Crippen molar-refractivity contribution in [3.63, 3.8) is 0 Å². The first kappa shape index (κ1) is 46.6. The summed E-state index contributed by atoms with van der Waals surface area (Å²) in [4.78, 5) is 43.9. The Hall–Kier alpha value is -6.12. The Bertz CT molecular complexity index is 2710. The lowest BCUT2D eigenvalue weighted by atomic mass is 9.92. The van der Waals surface area contributed by atoms with Crippen LogP contribution in [0.3, 0.4) is 0 Å². The van der Waals surface area contributed by atoms with Gasteiger partial charge < -0.3 is 29.7 Å². The van der Waals surface area contributed by atoms with Crippen molar-refractivity contribution in [2.45, 2.75) is 109 Å². The zero-order valence-electron chi connectivity index (χ0n) is 39.3. The van der Waals surface area contributed by atoms with Crippen LogP contribution in [-0.2, 0) is 31.2 Å². The van der Waals surface area contributed by atoms with Crippen LogP contribution in [0.5, 0.6) is 5.75 Å². The molecule has 0 spiro atoms. The van der Waals surface area contributed by atoms with Crippen molar-refractivity contribution in [1.82, 2.24) is 44.6 Å². The molecule has 1 saturated carbocycles. The van der Waals surface area contributed by atoms with Crippen molar-refractivity contribution in [1.29, 1.82) is 5.26 Å². The van der Waals surface area contributed by atoms with Crippen LogP contribution in [0.25, 0.3) is 11.1 Å². The quantitative estimate of drug-likeness (QED) is 0.136. The lowest BCUT2D eigenvalue weighted by Crippen LogP contribution is -2.42. The van der Waals surface area contributed by atoms with Gasteiger partial charge in [0, 0.05) is 125 Å². The number of ether oxygens (including phenoxy) is 1. The number of hydrogen-bond acceptors (Lipinski definition) is 11. The van der Waals surface area contributed by atoms with Crippen LogP contribution in [0.15, 0.2) is 55.1 Å². The molecule has 10 rings (SSSR count). The van der Waals surface area contributed by atoms with Crippen molar-refractivity contribution in [3.8, 4) is 22.9 Å². The molecule has 1 aliphatic carbocycles. The smallest absolute Gasteiger partial charge is 0.264 e. The van der Waals surface area contributed by atoms with E-state index in [0.29, 0.717) is 70.9 Å². The summed E-state index contributed by atoms with van der Waals surface area (Å²) in [6, 6.07) is 11.0. The molecule has 3 fully saturated rings. The fourth-order valence-electron chi connectivity index (χ4n) is 11.2. The average molecular weight is 962 g/mol. The third-order valence-electron chi connectivity index (χ3n) is 15.0. The number of halogens is 3. The number of carbonyl (C=O) groups is 2. The number of piperidine rings is 2. The molecule has 2 aromatic carbocycles. The minimum absolute atomic E-state index is 0.0126. The normalized spacial score (nSPS) is 20.4. The Morgan fingerprint density at radius 3 is 2.39 bits per heavy atom. The van der Waals surface area contributed by atoms with Gasteiger partial charge in [0.2, 0.25) is 11.9 Å². The number of aromatic nitrogens is 6. The Balaban J connectivity index is 0.724. The lowest BCUT2D eigenvalue weighted by Gasteiger charge is -2.38. The van der Waals surface area contributed by atoms with Gasteiger partial charge >= 0.3 is 0 Å². The molecule has 1 N–H and O–H groups in total. The summed E-state index contributed by atoms with van der Waals surface area (Å²) in [6.07, 6.45) is 13.6. The van der Waals surface area contributed by atoms with Gasteiger partial charge in [-0.3, -0.25) is 19.0 Å².